The molecule has 0 aliphatic carbocycles. The SMILES string of the molecule is Cc1ccc(C)c(N2CC(OC(=O)Nc3ccc(NC(=O)c4ccco4)cc3)CC2=O)c1. The average molecular weight is 433 g/mol. The Hall–Kier alpha value is -4.07. The van der Waals surface area contributed by atoms with Gasteiger partial charge in [0, 0.05) is 17.1 Å². The Labute approximate surface area is 185 Å². The Kier molecular flexibility index (Phi) is 5.93. The predicted octanol–water partition coefficient (Wildman–Crippen LogP) is 4.50. The van der Waals surface area contributed by atoms with Crippen LogP contribution in [-0.4, -0.2) is 30.6 Å². The quantitative estimate of drug-likeness (QED) is 0.617. The van der Waals surface area contributed by atoms with Crippen molar-refractivity contribution in [2.24, 2.45) is 0 Å². The normalized spacial score (nSPS) is 15.5. The third-order valence-corrected chi connectivity index (χ3v) is 5.15. The van der Waals surface area contributed by atoms with Crippen molar-refractivity contribution >= 4 is 35.0 Å². The standard InChI is InChI=1S/C24H23N3O5/c1-15-5-6-16(2)20(12-15)27-14-19(13-22(27)28)32-24(30)26-18-9-7-17(8-10-18)25-23(29)21-4-3-11-31-21/h3-12,19H,13-14H2,1-2H3,(H,25,29)(H,26,30). The van der Waals surface area contributed by atoms with Crippen LogP contribution in [0.15, 0.2) is 65.3 Å². The number of furan rings is 1. The Bertz CT molecular complexity index is 1140. The number of benzene rings is 2. The van der Waals surface area contributed by atoms with Crippen LogP contribution in [0.4, 0.5) is 21.9 Å². The largest absolute Gasteiger partial charge is 0.459 e. The van der Waals surface area contributed by atoms with Gasteiger partial charge in [0.2, 0.25) is 5.91 Å². The third kappa shape index (κ3) is 4.80. The van der Waals surface area contributed by atoms with Crippen LogP contribution in [0, 0.1) is 13.8 Å². The van der Waals surface area contributed by atoms with Crippen LogP contribution in [0.3, 0.4) is 0 Å². The zero-order valence-electron chi connectivity index (χ0n) is 17.8. The molecule has 1 unspecified atom stereocenters. The summed E-state index contributed by atoms with van der Waals surface area (Å²) in [6.07, 6.45) is 0.387. The second-order valence-electron chi connectivity index (χ2n) is 7.66. The smallest absolute Gasteiger partial charge is 0.411 e. The van der Waals surface area contributed by atoms with E-state index in [1.807, 2.05) is 32.0 Å². The first-order valence-electron chi connectivity index (χ1n) is 10.2. The summed E-state index contributed by atoms with van der Waals surface area (Å²) in [5.41, 5.74) is 3.95. The number of amides is 3. The molecule has 1 fully saturated rings. The van der Waals surface area contributed by atoms with Crippen molar-refractivity contribution in [3.8, 4) is 0 Å². The molecule has 2 N–H and O–H groups in total. The van der Waals surface area contributed by atoms with Crippen molar-refractivity contribution in [3.05, 3.63) is 77.7 Å². The van der Waals surface area contributed by atoms with Gasteiger partial charge in [0.05, 0.1) is 19.2 Å². The van der Waals surface area contributed by atoms with E-state index in [0.29, 0.717) is 17.9 Å². The number of hydrogen-bond acceptors (Lipinski definition) is 5. The van der Waals surface area contributed by atoms with Gasteiger partial charge in [-0.3, -0.25) is 14.9 Å². The lowest BCUT2D eigenvalue weighted by Crippen LogP contribution is -2.28. The molecule has 1 aliphatic rings. The minimum absolute atomic E-state index is 0.0758. The Balaban J connectivity index is 1.31. The predicted molar refractivity (Wildman–Crippen MR) is 120 cm³/mol. The molecule has 1 aromatic heterocycles. The van der Waals surface area contributed by atoms with Gasteiger partial charge < -0.3 is 19.4 Å². The van der Waals surface area contributed by atoms with Gasteiger partial charge >= 0.3 is 6.09 Å². The maximum Gasteiger partial charge on any atom is 0.411 e. The first-order chi connectivity index (χ1) is 15.4. The van der Waals surface area contributed by atoms with Gasteiger partial charge in [-0.25, -0.2) is 4.79 Å². The summed E-state index contributed by atoms with van der Waals surface area (Å²) in [6.45, 7) is 4.23. The topological polar surface area (TPSA) is 101 Å². The van der Waals surface area contributed by atoms with Crippen LogP contribution in [0.5, 0.6) is 0 Å². The summed E-state index contributed by atoms with van der Waals surface area (Å²) in [5.74, 6) is -0.237. The number of ether oxygens (including phenoxy) is 1. The van der Waals surface area contributed by atoms with Crippen LogP contribution in [0.1, 0.15) is 28.1 Å². The van der Waals surface area contributed by atoms with Crippen molar-refractivity contribution < 1.29 is 23.5 Å². The van der Waals surface area contributed by atoms with Crippen molar-refractivity contribution in [1.82, 2.24) is 0 Å². The maximum absolute atomic E-state index is 12.5. The Morgan fingerprint density at radius 3 is 2.44 bits per heavy atom. The molecule has 32 heavy (non-hydrogen) atoms. The summed E-state index contributed by atoms with van der Waals surface area (Å²) in [5, 5.41) is 5.34. The fraction of sp³-hybridized carbons (Fsp3) is 0.208. The lowest BCUT2D eigenvalue weighted by molar-refractivity contribution is -0.117. The van der Waals surface area contributed by atoms with Crippen molar-refractivity contribution in [2.45, 2.75) is 26.4 Å². The van der Waals surface area contributed by atoms with Crippen molar-refractivity contribution in [3.63, 3.8) is 0 Å². The van der Waals surface area contributed by atoms with E-state index in [1.54, 1.807) is 41.3 Å². The molecule has 3 amide bonds. The van der Waals surface area contributed by atoms with E-state index >= 15 is 0 Å². The second-order valence-corrected chi connectivity index (χ2v) is 7.66. The Morgan fingerprint density at radius 2 is 1.75 bits per heavy atom. The van der Waals surface area contributed by atoms with E-state index in [0.717, 1.165) is 16.8 Å². The summed E-state index contributed by atoms with van der Waals surface area (Å²) in [4.78, 5) is 38.4. The lowest BCUT2D eigenvalue weighted by atomic mass is 10.1. The molecule has 1 atom stereocenters. The first kappa shape index (κ1) is 21.2. The van der Waals surface area contributed by atoms with Gasteiger partial charge in [0.15, 0.2) is 5.76 Å². The van der Waals surface area contributed by atoms with E-state index in [1.165, 1.54) is 6.26 Å². The van der Waals surface area contributed by atoms with Gasteiger partial charge in [-0.05, 0) is 67.4 Å². The zero-order valence-corrected chi connectivity index (χ0v) is 17.8. The highest BCUT2D eigenvalue weighted by Gasteiger charge is 2.34. The molecular weight excluding hydrogens is 410 g/mol. The van der Waals surface area contributed by atoms with Crippen LogP contribution < -0.4 is 15.5 Å². The zero-order chi connectivity index (χ0) is 22.7. The third-order valence-electron chi connectivity index (χ3n) is 5.15. The van der Waals surface area contributed by atoms with Crippen LogP contribution in [-0.2, 0) is 9.53 Å². The molecule has 8 heteroatoms. The average Bonchev–Trinajstić information content (AvgIpc) is 3.41. The number of aryl methyl sites for hydroxylation is 2. The number of carbonyl (C=O) groups excluding carboxylic acids is 3. The molecule has 0 bridgehead atoms. The highest BCUT2D eigenvalue weighted by atomic mass is 16.6. The lowest BCUT2D eigenvalue weighted by Gasteiger charge is -2.19. The number of hydrogen-bond donors (Lipinski definition) is 2. The minimum atomic E-state index is -0.641. The van der Waals surface area contributed by atoms with E-state index in [9.17, 15) is 14.4 Å². The molecule has 0 radical (unpaired) electrons. The number of rotatable bonds is 5. The highest BCUT2D eigenvalue weighted by molar-refractivity contribution is 6.02. The monoisotopic (exact) mass is 433 g/mol. The van der Waals surface area contributed by atoms with E-state index in [4.69, 9.17) is 9.15 Å². The van der Waals surface area contributed by atoms with Crippen LogP contribution >= 0.6 is 0 Å². The fourth-order valence-corrected chi connectivity index (χ4v) is 3.53. The molecule has 8 nitrogen and oxygen atoms in total. The van der Waals surface area contributed by atoms with Crippen LogP contribution in [0.25, 0.3) is 0 Å². The molecule has 0 saturated carbocycles. The number of nitrogens with one attached hydrogen (secondary N) is 2. The molecule has 1 aliphatic heterocycles. The number of anilines is 3. The van der Waals surface area contributed by atoms with E-state index in [2.05, 4.69) is 10.6 Å². The summed E-state index contributed by atoms with van der Waals surface area (Å²) < 4.78 is 10.5. The fourth-order valence-electron chi connectivity index (χ4n) is 3.53. The van der Waals surface area contributed by atoms with Gasteiger partial charge in [0.1, 0.15) is 6.10 Å². The second kappa shape index (κ2) is 8.97. The minimum Gasteiger partial charge on any atom is -0.459 e. The number of carbonyl (C=O) groups is 3. The molecule has 4 rings (SSSR count). The van der Waals surface area contributed by atoms with Gasteiger partial charge in [-0.1, -0.05) is 12.1 Å². The molecule has 2 heterocycles. The van der Waals surface area contributed by atoms with E-state index in [-0.39, 0.29) is 24.0 Å². The van der Waals surface area contributed by atoms with Crippen LogP contribution in [0.2, 0.25) is 0 Å². The molecular formula is C24H23N3O5. The van der Waals surface area contributed by atoms with Gasteiger partial charge in [-0.15, -0.1) is 0 Å². The van der Waals surface area contributed by atoms with Crippen molar-refractivity contribution in [2.75, 3.05) is 22.1 Å². The molecule has 2 aromatic carbocycles. The molecule has 0 spiro atoms. The van der Waals surface area contributed by atoms with Crippen molar-refractivity contribution in [1.29, 1.82) is 0 Å². The molecule has 164 valence electrons. The highest BCUT2D eigenvalue weighted by Crippen LogP contribution is 2.27. The summed E-state index contributed by atoms with van der Waals surface area (Å²) in [6, 6.07) is 15.7. The Morgan fingerprint density at radius 1 is 1.03 bits per heavy atom. The molecule has 1 saturated heterocycles. The number of nitrogens with zero attached hydrogens (tertiary/aromatic N) is 1. The van der Waals surface area contributed by atoms with Gasteiger partial charge in [0.25, 0.3) is 5.91 Å². The molecule has 3 aromatic rings. The first-order valence-corrected chi connectivity index (χ1v) is 10.2. The summed E-state index contributed by atoms with van der Waals surface area (Å²) in [7, 11) is 0. The summed E-state index contributed by atoms with van der Waals surface area (Å²) >= 11 is 0. The maximum atomic E-state index is 12.5. The van der Waals surface area contributed by atoms with Gasteiger partial charge in [-0.2, -0.15) is 0 Å². The van der Waals surface area contributed by atoms with E-state index < -0.39 is 12.2 Å².